The molecule has 94 valence electrons. The van der Waals surface area contributed by atoms with Crippen LogP contribution in [0, 0.1) is 0 Å². The van der Waals surface area contributed by atoms with Gasteiger partial charge in [0.25, 0.3) is 0 Å². The molecular formula is C13H13BrN2O2. The molecule has 1 heterocycles. The minimum atomic E-state index is -0.0947. The number of aromatic nitrogens is 2. The molecule has 1 aromatic heterocycles. The molecule has 0 unspecified atom stereocenters. The van der Waals surface area contributed by atoms with E-state index in [0.29, 0.717) is 17.6 Å². The lowest BCUT2D eigenvalue weighted by molar-refractivity contribution is 0.368. The van der Waals surface area contributed by atoms with E-state index in [1.807, 2.05) is 30.3 Å². The first-order chi connectivity index (χ1) is 8.74. The number of methoxy groups -OCH3 is 2. The van der Waals surface area contributed by atoms with E-state index in [2.05, 4.69) is 25.9 Å². The second-order valence-electron chi connectivity index (χ2n) is 3.58. The fourth-order valence-corrected chi connectivity index (χ4v) is 2.02. The SMILES string of the molecule is COc1cc(OC)nc([C@@H](Br)c2ccccc2)n1. The first-order valence-electron chi connectivity index (χ1n) is 5.40. The molecule has 2 rings (SSSR count). The van der Waals surface area contributed by atoms with E-state index in [0.717, 1.165) is 5.56 Å². The Bertz CT molecular complexity index is 497. The van der Waals surface area contributed by atoms with E-state index in [-0.39, 0.29) is 4.83 Å². The maximum absolute atomic E-state index is 5.13. The number of rotatable bonds is 4. The first-order valence-corrected chi connectivity index (χ1v) is 6.32. The van der Waals surface area contributed by atoms with E-state index < -0.39 is 0 Å². The normalized spacial score (nSPS) is 11.9. The summed E-state index contributed by atoms with van der Waals surface area (Å²) in [6.45, 7) is 0. The predicted molar refractivity (Wildman–Crippen MR) is 72.3 cm³/mol. The van der Waals surface area contributed by atoms with Gasteiger partial charge in [0.15, 0.2) is 5.82 Å². The zero-order chi connectivity index (χ0) is 13.0. The van der Waals surface area contributed by atoms with Crippen molar-refractivity contribution in [1.29, 1.82) is 0 Å². The lowest BCUT2D eigenvalue weighted by Gasteiger charge is -2.11. The average Bonchev–Trinajstić information content (AvgIpc) is 2.46. The van der Waals surface area contributed by atoms with Crippen LogP contribution in [0.25, 0.3) is 0 Å². The summed E-state index contributed by atoms with van der Waals surface area (Å²) in [6, 6.07) is 11.6. The Labute approximate surface area is 114 Å². The third kappa shape index (κ3) is 2.79. The molecular weight excluding hydrogens is 296 g/mol. The molecule has 0 aliphatic rings. The van der Waals surface area contributed by atoms with Gasteiger partial charge in [-0.3, -0.25) is 0 Å². The molecule has 0 bridgehead atoms. The minimum Gasteiger partial charge on any atom is -0.481 e. The van der Waals surface area contributed by atoms with Crippen molar-refractivity contribution in [3.05, 3.63) is 47.8 Å². The Morgan fingerprint density at radius 1 is 1.00 bits per heavy atom. The Morgan fingerprint density at radius 2 is 1.56 bits per heavy atom. The van der Waals surface area contributed by atoms with Crippen LogP contribution in [0.15, 0.2) is 36.4 Å². The van der Waals surface area contributed by atoms with Crippen molar-refractivity contribution in [2.75, 3.05) is 14.2 Å². The zero-order valence-electron chi connectivity index (χ0n) is 10.1. The second-order valence-corrected chi connectivity index (χ2v) is 4.50. The van der Waals surface area contributed by atoms with Crippen LogP contribution in [0.2, 0.25) is 0 Å². The smallest absolute Gasteiger partial charge is 0.220 e. The average molecular weight is 309 g/mol. The van der Waals surface area contributed by atoms with Gasteiger partial charge in [0, 0.05) is 0 Å². The van der Waals surface area contributed by atoms with Crippen molar-refractivity contribution in [3.8, 4) is 11.8 Å². The fourth-order valence-electron chi connectivity index (χ4n) is 1.51. The van der Waals surface area contributed by atoms with Crippen LogP contribution in [0.3, 0.4) is 0 Å². The molecule has 5 heteroatoms. The number of benzene rings is 1. The zero-order valence-corrected chi connectivity index (χ0v) is 11.7. The molecule has 1 atom stereocenters. The maximum atomic E-state index is 5.13. The molecule has 1 aromatic carbocycles. The topological polar surface area (TPSA) is 44.2 Å². The molecule has 0 N–H and O–H groups in total. The number of ether oxygens (including phenoxy) is 2. The molecule has 18 heavy (non-hydrogen) atoms. The lowest BCUT2D eigenvalue weighted by atomic mass is 10.1. The van der Waals surface area contributed by atoms with Crippen LogP contribution in [0.5, 0.6) is 11.8 Å². The van der Waals surface area contributed by atoms with E-state index >= 15 is 0 Å². The quantitative estimate of drug-likeness (QED) is 0.815. The van der Waals surface area contributed by atoms with Crippen molar-refractivity contribution < 1.29 is 9.47 Å². The van der Waals surface area contributed by atoms with Crippen molar-refractivity contribution in [3.63, 3.8) is 0 Å². The van der Waals surface area contributed by atoms with Gasteiger partial charge in [-0.15, -0.1) is 0 Å². The highest BCUT2D eigenvalue weighted by Crippen LogP contribution is 2.30. The van der Waals surface area contributed by atoms with Gasteiger partial charge in [0.1, 0.15) is 0 Å². The molecule has 0 saturated heterocycles. The second kappa shape index (κ2) is 5.82. The van der Waals surface area contributed by atoms with Crippen LogP contribution < -0.4 is 9.47 Å². The molecule has 0 aliphatic carbocycles. The fraction of sp³-hybridized carbons (Fsp3) is 0.231. The monoisotopic (exact) mass is 308 g/mol. The highest BCUT2D eigenvalue weighted by Gasteiger charge is 2.15. The Balaban J connectivity index is 2.38. The van der Waals surface area contributed by atoms with Gasteiger partial charge in [-0.05, 0) is 5.56 Å². The van der Waals surface area contributed by atoms with Gasteiger partial charge >= 0.3 is 0 Å². The lowest BCUT2D eigenvalue weighted by Crippen LogP contribution is -2.03. The summed E-state index contributed by atoms with van der Waals surface area (Å²) in [5, 5.41) is 0. The Kier molecular flexibility index (Phi) is 4.15. The standard InChI is InChI=1S/C13H13BrN2O2/c1-17-10-8-11(18-2)16-13(15-10)12(14)9-6-4-3-5-7-9/h3-8,12H,1-2H3/t12-/m0/s1. The van der Waals surface area contributed by atoms with Crippen molar-refractivity contribution in [1.82, 2.24) is 9.97 Å². The number of alkyl halides is 1. The van der Waals surface area contributed by atoms with Crippen LogP contribution in [0.4, 0.5) is 0 Å². The van der Waals surface area contributed by atoms with Crippen molar-refractivity contribution in [2.24, 2.45) is 0 Å². The number of nitrogens with zero attached hydrogens (tertiary/aromatic N) is 2. The Morgan fingerprint density at radius 3 is 2.06 bits per heavy atom. The van der Waals surface area contributed by atoms with Crippen LogP contribution in [0.1, 0.15) is 16.2 Å². The summed E-state index contributed by atoms with van der Waals surface area (Å²) in [5.41, 5.74) is 1.08. The third-order valence-electron chi connectivity index (χ3n) is 2.43. The number of hydrogen-bond donors (Lipinski definition) is 0. The Hall–Kier alpha value is -1.62. The maximum Gasteiger partial charge on any atom is 0.220 e. The predicted octanol–water partition coefficient (Wildman–Crippen LogP) is 2.98. The van der Waals surface area contributed by atoms with Gasteiger partial charge in [-0.25, -0.2) is 0 Å². The molecule has 0 aliphatic heterocycles. The molecule has 0 amide bonds. The van der Waals surface area contributed by atoms with E-state index in [9.17, 15) is 0 Å². The molecule has 0 saturated carbocycles. The largest absolute Gasteiger partial charge is 0.481 e. The van der Waals surface area contributed by atoms with Crippen LogP contribution in [-0.2, 0) is 0 Å². The van der Waals surface area contributed by atoms with Gasteiger partial charge in [-0.1, -0.05) is 46.3 Å². The molecule has 0 fully saturated rings. The minimum absolute atomic E-state index is 0.0947. The van der Waals surface area contributed by atoms with Crippen LogP contribution >= 0.6 is 15.9 Å². The van der Waals surface area contributed by atoms with Gasteiger partial charge in [-0.2, -0.15) is 9.97 Å². The van der Waals surface area contributed by atoms with E-state index in [4.69, 9.17) is 9.47 Å². The van der Waals surface area contributed by atoms with Gasteiger partial charge in [0.2, 0.25) is 11.8 Å². The van der Waals surface area contributed by atoms with E-state index in [1.165, 1.54) is 0 Å². The van der Waals surface area contributed by atoms with Crippen molar-refractivity contribution >= 4 is 15.9 Å². The van der Waals surface area contributed by atoms with Crippen molar-refractivity contribution in [2.45, 2.75) is 4.83 Å². The number of hydrogen-bond acceptors (Lipinski definition) is 4. The summed E-state index contributed by atoms with van der Waals surface area (Å²) in [7, 11) is 3.13. The molecule has 4 nitrogen and oxygen atoms in total. The van der Waals surface area contributed by atoms with Crippen LogP contribution in [-0.4, -0.2) is 24.2 Å². The first kappa shape index (κ1) is 12.8. The molecule has 0 spiro atoms. The highest BCUT2D eigenvalue weighted by molar-refractivity contribution is 9.09. The third-order valence-corrected chi connectivity index (χ3v) is 3.37. The summed E-state index contributed by atoms with van der Waals surface area (Å²) in [6.07, 6.45) is 0. The summed E-state index contributed by atoms with van der Waals surface area (Å²) < 4.78 is 10.3. The summed E-state index contributed by atoms with van der Waals surface area (Å²) in [4.78, 5) is 8.54. The van der Waals surface area contributed by atoms with Gasteiger partial charge < -0.3 is 9.47 Å². The summed E-state index contributed by atoms with van der Waals surface area (Å²) in [5.74, 6) is 1.58. The summed E-state index contributed by atoms with van der Waals surface area (Å²) >= 11 is 3.58. The molecule has 2 aromatic rings. The number of halogens is 1. The highest BCUT2D eigenvalue weighted by atomic mass is 79.9. The van der Waals surface area contributed by atoms with E-state index in [1.54, 1.807) is 20.3 Å². The molecule has 0 radical (unpaired) electrons. The van der Waals surface area contributed by atoms with Gasteiger partial charge in [0.05, 0.1) is 25.1 Å².